The highest BCUT2D eigenvalue weighted by molar-refractivity contribution is 7.26. The predicted molar refractivity (Wildman–Crippen MR) is 197 cm³/mol. The van der Waals surface area contributed by atoms with Crippen molar-refractivity contribution < 1.29 is 0 Å². The molecule has 2 unspecified atom stereocenters. The Morgan fingerprint density at radius 1 is 0.587 bits per heavy atom. The van der Waals surface area contributed by atoms with Crippen LogP contribution in [-0.2, 0) is 0 Å². The van der Waals surface area contributed by atoms with Gasteiger partial charge in [-0.15, -0.1) is 11.3 Å². The largest absolute Gasteiger partial charge is 0.333 e. The Balaban J connectivity index is 1.12. The zero-order valence-electron chi connectivity index (χ0n) is 24.6. The second kappa shape index (κ2) is 9.16. The molecule has 0 saturated carbocycles. The maximum Gasteiger partial charge on any atom is 0.195 e. The summed E-state index contributed by atoms with van der Waals surface area (Å²) >= 11 is 3.63. The van der Waals surface area contributed by atoms with Crippen LogP contribution in [0.1, 0.15) is 22.6 Å². The number of anilines is 2. The van der Waals surface area contributed by atoms with E-state index >= 15 is 0 Å². The number of fused-ring (bicyclic) bond motifs is 13. The van der Waals surface area contributed by atoms with Gasteiger partial charge in [-0.25, -0.2) is 4.98 Å². The van der Waals surface area contributed by atoms with E-state index in [1.807, 2.05) is 11.3 Å². The van der Waals surface area contributed by atoms with E-state index in [2.05, 4.69) is 149 Å². The van der Waals surface area contributed by atoms with Crippen molar-refractivity contribution in [1.29, 1.82) is 0 Å². The molecule has 0 amide bonds. The summed E-state index contributed by atoms with van der Waals surface area (Å²) in [4.78, 5) is 7.93. The van der Waals surface area contributed by atoms with Crippen molar-refractivity contribution in [3.63, 3.8) is 0 Å². The minimum Gasteiger partial charge on any atom is -0.333 e. The van der Waals surface area contributed by atoms with E-state index in [9.17, 15) is 0 Å². The molecule has 6 aromatic carbocycles. The summed E-state index contributed by atoms with van der Waals surface area (Å²) in [5.41, 5.74) is 10.1. The van der Waals surface area contributed by atoms with Gasteiger partial charge in [0.1, 0.15) is 0 Å². The number of rotatable bonds is 2. The molecule has 46 heavy (non-hydrogen) atoms. The first-order valence-electron chi connectivity index (χ1n) is 15.7. The van der Waals surface area contributed by atoms with Crippen LogP contribution in [0.2, 0.25) is 0 Å². The number of hydrogen-bond donors (Lipinski definition) is 0. The fraction of sp³-hybridized carbons (Fsp3) is 0.0488. The van der Waals surface area contributed by atoms with Crippen LogP contribution >= 0.6 is 22.7 Å². The lowest BCUT2D eigenvalue weighted by Gasteiger charge is -2.31. The van der Waals surface area contributed by atoms with Crippen LogP contribution < -0.4 is 4.90 Å². The van der Waals surface area contributed by atoms with Crippen LogP contribution in [-0.4, -0.2) is 15.6 Å². The van der Waals surface area contributed by atoms with Gasteiger partial charge in [-0.05, 0) is 65.2 Å². The van der Waals surface area contributed by atoms with Gasteiger partial charge in [0.2, 0.25) is 0 Å². The summed E-state index contributed by atoms with van der Waals surface area (Å²) in [6.45, 7) is 0. The van der Waals surface area contributed by atoms with Gasteiger partial charge in [0.25, 0.3) is 0 Å². The van der Waals surface area contributed by atoms with Crippen molar-refractivity contribution in [2.45, 2.75) is 12.0 Å². The second-order valence-electron chi connectivity index (χ2n) is 12.3. The molecule has 0 spiro atoms. The first-order valence-corrected chi connectivity index (χ1v) is 17.3. The van der Waals surface area contributed by atoms with Crippen molar-refractivity contribution in [3.8, 4) is 5.13 Å². The zero-order chi connectivity index (χ0) is 29.9. The third kappa shape index (κ3) is 3.28. The van der Waals surface area contributed by atoms with E-state index in [0.29, 0.717) is 5.92 Å². The quantitative estimate of drug-likeness (QED) is 0.191. The normalized spacial score (nSPS) is 17.0. The third-order valence-electron chi connectivity index (χ3n) is 9.99. The number of nitrogens with zero attached hydrogens (tertiary/aromatic N) is 3. The highest BCUT2D eigenvalue weighted by Gasteiger charge is 2.41. The highest BCUT2D eigenvalue weighted by atomic mass is 32.1. The molecule has 0 bridgehead atoms. The molecule has 0 radical (unpaired) electrons. The average Bonchev–Trinajstić information content (AvgIpc) is 3.86. The summed E-state index contributed by atoms with van der Waals surface area (Å²) in [7, 11) is 0. The maximum atomic E-state index is 5.38. The molecule has 216 valence electrons. The van der Waals surface area contributed by atoms with E-state index in [1.54, 1.807) is 11.3 Å². The molecule has 3 aromatic heterocycles. The van der Waals surface area contributed by atoms with Crippen molar-refractivity contribution in [1.82, 2.24) is 9.55 Å². The Bertz CT molecular complexity index is 2740. The van der Waals surface area contributed by atoms with E-state index in [-0.39, 0.29) is 6.04 Å². The minimum atomic E-state index is 0.227. The molecule has 4 heterocycles. The molecule has 1 aliphatic heterocycles. The molecule has 0 N–H and O–H groups in total. The topological polar surface area (TPSA) is 21.1 Å². The monoisotopic (exact) mass is 623 g/mol. The molecular weight excluding hydrogens is 599 g/mol. The smallest absolute Gasteiger partial charge is 0.195 e. The number of thiazole rings is 1. The summed E-state index contributed by atoms with van der Waals surface area (Å²) in [6, 6.07) is 47.1. The fourth-order valence-electron chi connectivity index (χ4n) is 8.07. The molecule has 1 aliphatic carbocycles. The van der Waals surface area contributed by atoms with Crippen LogP contribution in [0, 0.1) is 0 Å². The van der Waals surface area contributed by atoms with Gasteiger partial charge in [0.05, 0.1) is 27.3 Å². The van der Waals surface area contributed by atoms with E-state index in [1.165, 1.54) is 74.7 Å². The lowest BCUT2D eigenvalue weighted by molar-refractivity contribution is 0.725. The molecule has 2 atom stereocenters. The number of benzene rings is 6. The van der Waals surface area contributed by atoms with Gasteiger partial charge in [-0.2, -0.15) is 0 Å². The third-order valence-corrected chi connectivity index (χ3v) is 12.1. The van der Waals surface area contributed by atoms with Crippen LogP contribution in [0.3, 0.4) is 0 Å². The summed E-state index contributed by atoms with van der Waals surface area (Å²) < 4.78 is 6.20. The SMILES string of the molecule is C1=CC2C(c3ccccc31)c1ccccc1N2c1ccc2c(c1)c1ccccc1n2-c1nc2c(ccc3sc4ccccc4c32)s1. The van der Waals surface area contributed by atoms with Crippen LogP contribution in [0.25, 0.3) is 63.4 Å². The van der Waals surface area contributed by atoms with Crippen molar-refractivity contribution in [2.24, 2.45) is 0 Å². The highest BCUT2D eigenvalue weighted by Crippen LogP contribution is 2.52. The lowest BCUT2D eigenvalue weighted by Crippen LogP contribution is -2.30. The van der Waals surface area contributed by atoms with Gasteiger partial charge < -0.3 is 4.90 Å². The van der Waals surface area contributed by atoms with E-state index < -0.39 is 0 Å². The van der Waals surface area contributed by atoms with Gasteiger partial charge in [0, 0.05) is 48.2 Å². The average molecular weight is 624 g/mol. The Hall–Kier alpha value is -5.23. The Labute approximate surface area is 272 Å². The van der Waals surface area contributed by atoms with E-state index in [4.69, 9.17) is 4.98 Å². The summed E-state index contributed by atoms with van der Waals surface area (Å²) in [5, 5.41) is 6.07. The van der Waals surface area contributed by atoms with Crippen molar-refractivity contribution >= 4 is 92.3 Å². The number of hydrogen-bond acceptors (Lipinski definition) is 4. The molecule has 0 fully saturated rings. The predicted octanol–water partition coefficient (Wildman–Crippen LogP) is 11.4. The Kier molecular flexibility index (Phi) is 4.98. The lowest BCUT2D eigenvalue weighted by atomic mass is 9.81. The van der Waals surface area contributed by atoms with Gasteiger partial charge >= 0.3 is 0 Å². The Morgan fingerprint density at radius 2 is 1.35 bits per heavy atom. The molecular formula is C41H25N3S2. The molecule has 11 rings (SSSR count). The van der Waals surface area contributed by atoms with Crippen LogP contribution in [0.15, 0.2) is 133 Å². The van der Waals surface area contributed by atoms with Gasteiger partial charge in [0.15, 0.2) is 5.13 Å². The number of aromatic nitrogens is 2. The summed E-state index contributed by atoms with van der Waals surface area (Å²) in [6.07, 6.45) is 4.71. The number of para-hydroxylation sites is 2. The van der Waals surface area contributed by atoms with Crippen molar-refractivity contribution in [3.05, 3.63) is 150 Å². The summed E-state index contributed by atoms with van der Waals surface area (Å²) in [5.74, 6) is 0.308. The molecule has 9 aromatic rings. The standard InChI is InChI=1S/C41H25N3S2/c1-2-10-26-24(9-1)17-19-34-38(26)28-12-4-7-15-32(28)43(34)25-18-20-33-30(23-25)27-11-3-6-14-31(27)44(33)41-42-40-37(46-41)22-21-36-39(40)29-13-5-8-16-35(29)45-36/h1-23,34,38H. The number of thiophene rings is 1. The van der Waals surface area contributed by atoms with Crippen molar-refractivity contribution in [2.75, 3.05) is 4.90 Å². The Morgan fingerprint density at radius 3 is 2.30 bits per heavy atom. The molecule has 2 aliphatic rings. The minimum absolute atomic E-state index is 0.227. The molecule has 5 heteroatoms. The zero-order valence-corrected chi connectivity index (χ0v) is 26.2. The van der Waals surface area contributed by atoms with Gasteiger partial charge in [-0.1, -0.05) is 102 Å². The van der Waals surface area contributed by atoms with E-state index in [0.717, 1.165) is 10.6 Å². The van der Waals surface area contributed by atoms with Crippen LogP contribution in [0.4, 0.5) is 11.4 Å². The first kappa shape index (κ1) is 25.0. The second-order valence-corrected chi connectivity index (χ2v) is 14.4. The van der Waals surface area contributed by atoms with Crippen LogP contribution in [0.5, 0.6) is 0 Å². The maximum absolute atomic E-state index is 5.38. The first-order chi connectivity index (χ1) is 22.8. The molecule has 3 nitrogen and oxygen atoms in total. The van der Waals surface area contributed by atoms with Gasteiger partial charge in [-0.3, -0.25) is 4.57 Å². The molecule has 0 saturated heterocycles. The fourth-order valence-corrected chi connectivity index (χ4v) is 10.2.